The van der Waals surface area contributed by atoms with E-state index >= 15 is 0 Å². The van der Waals surface area contributed by atoms with E-state index in [1.54, 1.807) is 18.5 Å². The van der Waals surface area contributed by atoms with Crippen molar-refractivity contribution in [2.75, 3.05) is 5.32 Å². The van der Waals surface area contributed by atoms with E-state index in [-0.39, 0.29) is 5.91 Å². The van der Waals surface area contributed by atoms with Crippen LogP contribution in [-0.4, -0.2) is 15.9 Å². The van der Waals surface area contributed by atoms with Gasteiger partial charge in [-0.1, -0.05) is 23.7 Å². The molecule has 1 aromatic heterocycles. The summed E-state index contributed by atoms with van der Waals surface area (Å²) in [6.45, 7) is 1.92. The van der Waals surface area contributed by atoms with Crippen molar-refractivity contribution in [1.29, 1.82) is 0 Å². The number of carbonyl (C=O) groups excluding carboxylic acids is 1. The number of fused-ring (bicyclic) bond motifs is 1. The molecular formula is C15H12ClN3O. The molecule has 2 N–H and O–H groups in total. The SMILES string of the molecule is Cc1ccc(NC(=O)c2cccc3[nH]cnc23)cc1Cl. The van der Waals surface area contributed by atoms with Crippen LogP contribution in [0.25, 0.3) is 11.0 Å². The van der Waals surface area contributed by atoms with Gasteiger partial charge in [-0.3, -0.25) is 4.79 Å². The normalized spacial score (nSPS) is 10.7. The lowest BCUT2D eigenvalue weighted by atomic mass is 10.1. The van der Waals surface area contributed by atoms with Gasteiger partial charge in [0.2, 0.25) is 0 Å². The summed E-state index contributed by atoms with van der Waals surface area (Å²) < 4.78 is 0. The van der Waals surface area contributed by atoms with E-state index in [1.807, 2.05) is 31.2 Å². The molecule has 0 spiro atoms. The monoisotopic (exact) mass is 285 g/mol. The van der Waals surface area contributed by atoms with Crippen LogP contribution in [0.4, 0.5) is 5.69 Å². The Labute approximate surface area is 120 Å². The number of imidazole rings is 1. The Kier molecular flexibility index (Phi) is 3.16. The van der Waals surface area contributed by atoms with Gasteiger partial charge in [0.25, 0.3) is 5.91 Å². The largest absolute Gasteiger partial charge is 0.345 e. The molecule has 1 amide bonds. The number of benzene rings is 2. The van der Waals surface area contributed by atoms with E-state index in [1.165, 1.54) is 0 Å². The molecule has 0 unspecified atom stereocenters. The maximum absolute atomic E-state index is 12.3. The van der Waals surface area contributed by atoms with Crippen LogP contribution in [0.5, 0.6) is 0 Å². The van der Waals surface area contributed by atoms with Gasteiger partial charge in [-0.05, 0) is 36.8 Å². The number of aryl methyl sites for hydroxylation is 1. The van der Waals surface area contributed by atoms with Crippen molar-refractivity contribution in [3.8, 4) is 0 Å². The molecule has 0 aliphatic carbocycles. The zero-order valence-electron chi connectivity index (χ0n) is 10.8. The highest BCUT2D eigenvalue weighted by atomic mass is 35.5. The lowest BCUT2D eigenvalue weighted by Gasteiger charge is -2.07. The third-order valence-corrected chi connectivity index (χ3v) is 3.53. The highest BCUT2D eigenvalue weighted by molar-refractivity contribution is 6.31. The van der Waals surface area contributed by atoms with Crippen molar-refractivity contribution in [2.24, 2.45) is 0 Å². The van der Waals surface area contributed by atoms with Gasteiger partial charge in [-0.2, -0.15) is 0 Å². The highest BCUT2D eigenvalue weighted by Crippen LogP contribution is 2.21. The summed E-state index contributed by atoms with van der Waals surface area (Å²) in [6, 6.07) is 10.9. The molecule has 3 rings (SSSR count). The fourth-order valence-electron chi connectivity index (χ4n) is 2.02. The van der Waals surface area contributed by atoms with Crippen molar-refractivity contribution >= 4 is 34.2 Å². The molecule has 4 nitrogen and oxygen atoms in total. The molecule has 20 heavy (non-hydrogen) atoms. The molecule has 0 aliphatic heterocycles. The average Bonchev–Trinajstić information content (AvgIpc) is 2.91. The summed E-state index contributed by atoms with van der Waals surface area (Å²) in [5, 5.41) is 3.46. The number of para-hydroxylation sites is 1. The van der Waals surface area contributed by atoms with Crippen molar-refractivity contribution in [1.82, 2.24) is 9.97 Å². The first kappa shape index (κ1) is 12.7. The van der Waals surface area contributed by atoms with E-state index < -0.39 is 0 Å². The predicted molar refractivity (Wildman–Crippen MR) is 80.2 cm³/mol. The maximum Gasteiger partial charge on any atom is 0.257 e. The third-order valence-electron chi connectivity index (χ3n) is 3.12. The van der Waals surface area contributed by atoms with Crippen molar-refractivity contribution in [2.45, 2.75) is 6.92 Å². The number of hydrogen-bond acceptors (Lipinski definition) is 2. The van der Waals surface area contributed by atoms with Crippen LogP contribution in [0, 0.1) is 6.92 Å². The Balaban J connectivity index is 1.93. The minimum Gasteiger partial charge on any atom is -0.345 e. The van der Waals surface area contributed by atoms with Crippen LogP contribution in [-0.2, 0) is 0 Å². The van der Waals surface area contributed by atoms with Gasteiger partial charge < -0.3 is 10.3 Å². The maximum atomic E-state index is 12.3. The number of nitrogens with zero attached hydrogens (tertiary/aromatic N) is 1. The van der Waals surface area contributed by atoms with Crippen LogP contribution in [0.2, 0.25) is 5.02 Å². The molecule has 0 aliphatic rings. The Bertz CT molecular complexity index is 795. The first-order valence-corrected chi connectivity index (χ1v) is 6.52. The number of anilines is 1. The summed E-state index contributed by atoms with van der Waals surface area (Å²) in [4.78, 5) is 19.5. The molecule has 0 saturated heterocycles. The van der Waals surface area contributed by atoms with Gasteiger partial charge in [0.15, 0.2) is 0 Å². The first-order valence-electron chi connectivity index (χ1n) is 6.15. The van der Waals surface area contributed by atoms with Gasteiger partial charge in [0, 0.05) is 10.7 Å². The fourth-order valence-corrected chi connectivity index (χ4v) is 2.20. The van der Waals surface area contributed by atoms with Crippen LogP contribution < -0.4 is 5.32 Å². The van der Waals surface area contributed by atoms with E-state index in [2.05, 4.69) is 15.3 Å². The number of rotatable bonds is 2. The lowest BCUT2D eigenvalue weighted by Crippen LogP contribution is -2.12. The van der Waals surface area contributed by atoms with Gasteiger partial charge in [-0.15, -0.1) is 0 Å². The zero-order chi connectivity index (χ0) is 14.1. The molecule has 0 fully saturated rings. The predicted octanol–water partition coefficient (Wildman–Crippen LogP) is 3.78. The topological polar surface area (TPSA) is 57.8 Å². The second kappa shape index (κ2) is 4.98. The summed E-state index contributed by atoms with van der Waals surface area (Å²) in [5.74, 6) is -0.206. The quantitative estimate of drug-likeness (QED) is 0.753. The van der Waals surface area contributed by atoms with Crippen molar-refractivity contribution in [3.63, 3.8) is 0 Å². The number of amides is 1. The first-order chi connectivity index (χ1) is 9.65. The van der Waals surface area contributed by atoms with Crippen LogP contribution in [0.15, 0.2) is 42.7 Å². The molecule has 3 aromatic rings. The molecular weight excluding hydrogens is 274 g/mol. The molecule has 2 aromatic carbocycles. The number of H-pyrrole nitrogens is 1. The Morgan fingerprint density at radius 3 is 2.95 bits per heavy atom. The second-order valence-corrected chi connectivity index (χ2v) is 4.93. The second-order valence-electron chi connectivity index (χ2n) is 4.52. The number of hydrogen-bond donors (Lipinski definition) is 2. The molecule has 0 atom stereocenters. The smallest absolute Gasteiger partial charge is 0.257 e. The molecule has 0 saturated carbocycles. The van der Waals surface area contributed by atoms with Gasteiger partial charge in [0.1, 0.15) is 5.52 Å². The number of halogens is 1. The number of aromatic amines is 1. The van der Waals surface area contributed by atoms with E-state index in [0.29, 0.717) is 21.8 Å². The highest BCUT2D eigenvalue weighted by Gasteiger charge is 2.12. The molecule has 5 heteroatoms. The Morgan fingerprint density at radius 2 is 2.15 bits per heavy atom. The minimum absolute atomic E-state index is 0.206. The summed E-state index contributed by atoms with van der Waals surface area (Å²) in [6.07, 6.45) is 1.57. The van der Waals surface area contributed by atoms with E-state index in [9.17, 15) is 4.79 Å². The summed E-state index contributed by atoms with van der Waals surface area (Å²) >= 11 is 6.05. The van der Waals surface area contributed by atoms with Gasteiger partial charge >= 0.3 is 0 Å². The van der Waals surface area contributed by atoms with Crippen molar-refractivity contribution in [3.05, 3.63) is 58.9 Å². The van der Waals surface area contributed by atoms with Gasteiger partial charge in [0.05, 0.1) is 17.4 Å². The number of aromatic nitrogens is 2. The lowest BCUT2D eigenvalue weighted by molar-refractivity contribution is 0.102. The van der Waals surface area contributed by atoms with Gasteiger partial charge in [-0.25, -0.2) is 4.98 Å². The Hall–Kier alpha value is -2.33. The van der Waals surface area contributed by atoms with Crippen LogP contribution >= 0.6 is 11.6 Å². The molecule has 0 bridgehead atoms. The van der Waals surface area contributed by atoms with Crippen LogP contribution in [0.1, 0.15) is 15.9 Å². The molecule has 0 radical (unpaired) electrons. The Morgan fingerprint density at radius 1 is 1.30 bits per heavy atom. The third kappa shape index (κ3) is 2.26. The van der Waals surface area contributed by atoms with E-state index in [0.717, 1.165) is 11.1 Å². The fraction of sp³-hybridized carbons (Fsp3) is 0.0667. The standard InChI is InChI=1S/C15H12ClN3O/c1-9-5-6-10(7-12(9)16)19-15(20)11-3-2-4-13-14(11)18-8-17-13/h2-8H,1H3,(H,17,18)(H,19,20). The number of carbonyl (C=O) groups is 1. The zero-order valence-corrected chi connectivity index (χ0v) is 11.5. The average molecular weight is 286 g/mol. The van der Waals surface area contributed by atoms with Crippen molar-refractivity contribution < 1.29 is 4.79 Å². The van der Waals surface area contributed by atoms with Crippen LogP contribution in [0.3, 0.4) is 0 Å². The molecule has 100 valence electrons. The summed E-state index contributed by atoms with van der Waals surface area (Å²) in [5.41, 5.74) is 3.65. The van der Waals surface area contributed by atoms with E-state index in [4.69, 9.17) is 11.6 Å². The minimum atomic E-state index is -0.206. The number of nitrogens with one attached hydrogen (secondary N) is 2. The summed E-state index contributed by atoms with van der Waals surface area (Å²) in [7, 11) is 0. The molecule has 1 heterocycles.